The second-order valence-corrected chi connectivity index (χ2v) is 7.84. The Morgan fingerprint density at radius 3 is 2.59 bits per heavy atom. The van der Waals surface area contributed by atoms with Crippen molar-refractivity contribution in [3.63, 3.8) is 0 Å². The maximum Gasteiger partial charge on any atom is 0.215 e. The highest BCUT2D eigenvalue weighted by atomic mass is 32.1. The number of phenols is 1. The van der Waals surface area contributed by atoms with Gasteiger partial charge in [-0.15, -0.1) is 16.4 Å². The van der Waals surface area contributed by atoms with Crippen molar-refractivity contribution in [3.05, 3.63) is 87.7 Å². The molecule has 160 valence electrons. The number of carbonyl (C=O) groups excluding carboxylic acids is 2. The van der Waals surface area contributed by atoms with Gasteiger partial charge in [-0.05, 0) is 61.0 Å². The monoisotopic (exact) mass is 445 g/mol. The Balaban J connectivity index is 1.79. The lowest BCUT2D eigenvalue weighted by molar-refractivity contribution is -0.113. The Labute approximate surface area is 188 Å². The molecule has 1 heterocycles. The number of hydrogen-bond donors (Lipinski definition) is 1. The molecule has 2 aromatic carbocycles. The molecule has 0 bridgehead atoms. The van der Waals surface area contributed by atoms with Gasteiger partial charge in [-0.25, -0.2) is 0 Å². The molecule has 4 rings (SSSR count). The molecule has 0 radical (unpaired) electrons. The van der Waals surface area contributed by atoms with Crippen molar-refractivity contribution in [3.8, 4) is 17.2 Å². The van der Waals surface area contributed by atoms with Gasteiger partial charge in [0.25, 0.3) is 0 Å². The van der Waals surface area contributed by atoms with E-state index in [0.717, 1.165) is 11.3 Å². The summed E-state index contributed by atoms with van der Waals surface area (Å²) in [5.74, 6) is -0.109. The zero-order chi connectivity index (χ0) is 22.7. The second-order valence-electron chi connectivity index (χ2n) is 7.01. The highest BCUT2D eigenvalue weighted by molar-refractivity contribution is 7.07. The van der Waals surface area contributed by atoms with Gasteiger partial charge in [0, 0.05) is 11.1 Å². The summed E-state index contributed by atoms with van der Waals surface area (Å²) in [6, 6.07) is 12.7. The van der Waals surface area contributed by atoms with E-state index in [2.05, 4.69) is 10.2 Å². The van der Waals surface area contributed by atoms with E-state index in [1.807, 2.05) is 31.2 Å². The van der Waals surface area contributed by atoms with Crippen molar-refractivity contribution in [2.24, 2.45) is 10.2 Å². The number of benzene rings is 2. The summed E-state index contributed by atoms with van der Waals surface area (Å²) in [4.78, 5) is 24.9. The van der Waals surface area contributed by atoms with Crippen LogP contribution in [0.5, 0.6) is 11.5 Å². The average molecular weight is 446 g/mol. The number of aryl methyl sites for hydroxylation is 1. The predicted octanol–water partition coefficient (Wildman–Crippen LogP) is 3.59. The third kappa shape index (κ3) is 4.35. The highest BCUT2D eigenvalue weighted by Crippen LogP contribution is 2.26. The van der Waals surface area contributed by atoms with Crippen molar-refractivity contribution >= 4 is 34.7 Å². The minimum Gasteiger partial charge on any atom is -0.504 e. The molecular weight excluding hydrogens is 426 g/mol. The first-order valence-corrected chi connectivity index (χ1v) is 10.5. The lowest BCUT2D eigenvalue weighted by Crippen LogP contribution is -2.18. The van der Waals surface area contributed by atoms with Crippen molar-refractivity contribution in [2.45, 2.75) is 6.92 Å². The molecular formula is C24H19N3O4S. The summed E-state index contributed by atoms with van der Waals surface area (Å²) in [6.45, 7) is 1.99. The molecule has 7 nitrogen and oxygen atoms in total. The number of ether oxygens (including phenoxy) is 1. The largest absolute Gasteiger partial charge is 0.504 e. The lowest BCUT2D eigenvalue weighted by Gasteiger charge is -2.12. The van der Waals surface area contributed by atoms with Crippen LogP contribution in [0.4, 0.5) is 0 Å². The number of nitrogens with zero attached hydrogens (tertiary/aromatic N) is 3. The van der Waals surface area contributed by atoms with E-state index in [1.54, 1.807) is 22.1 Å². The number of aromatic nitrogens is 1. The van der Waals surface area contributed by atoms with E-state index in [9.17, 15) is 14.7 Å². The molecule has 3 aromatic rings. The van der Waals surface area contributed by atoms with Gasteiger partial charge in [-0.3, -0.25) is 14.2 Å². The lowest BCUT2D eigenvalue weighted by atomic mass is 10.0. The maximum absolute atomic E-state index is 12.5. The van der Waals surface area contributed by atoms with Crippen LogP contribution < -0.4 is 9.54 Å². The molecule has 32 heavy (non-hydrogen) atoms. The number of thiazole rings is 1. The van der Waals surface area contributed by atoms with Crippen LogP contribution in [0.15, 0.2) is 76.3 Å². The number of hydrogen-bond acceptors (Lipinski definition) is 7. The number of ketones is 2. The topological polar surface area (TPSA) is 93.3 Å². The molecule has 0 amide bonds. The Bertz CT molecular complexity index is 1360. The summed E-state index contributed by atoms with van der Waals surface area (Å²) in [6.07, 6.45) is 5.38. The number of rotatable bonds is 5. The standard InChI is InChI=1S/C24H19N3O4S/c1-15-3-6-17(7-4-15)27-20(19-12-18(28)8-9-21(19)29)14-32-24(27)26-25-13-16-5-10-23(31-2)22(30)11-16/h3-14,30H,1-2H3/b25-13+,26-24-. The molecule has 8 heteroatoms. The third-order valence-electron chi connectivity index (χ3n) is 4.78. The summed E-state index contributed by atoms with van der Waals surface area (Å²) in [5.41, 5.74) is 3.40. The Morgan fingerprint density at radius 1 is 1.09 bits per heavy atom. The van der Waals surface area contributed by atoms with Crippen LogP contribution >= 0.6 is 11.3 Å². The normalized spacial score (nSPS) is 14.3. The van der Waals surface area contributed by atoms with Gasteiger partial charge < -0.3 is 9.84 Å². The molecule has 0 spiro atoms. The smallest absolute Gasteiger partial charge is 0.215 e. The summed E-state index contributed by atoms with van der Waals surface area (Å²) < 4.78 is 6.84. The quantitative estimate of drug-likeness (QED) is 0.369. The molecule has 1 N–H and O–H groups in total. The van der Waals surface area contributed by atoms with Gasteiger partial charge in [0.15, 0.2) is 23.1 Å². The van der Waals surface area contributed by atoms with Crippen LogP contribution in [-0.4, -0.2) is 34.6 Å². The summed E-state index contributed by atoms with van der Waals surface area (Å²) >= 11 is 1.30. The van der Waals surface area contributed by atoms with Crippen molar-refractivity contribution in [2.75, 3.05) is 7.11 Å². The summed E-state index contributed by atoms with van der Waals surface area (Å²) in [7, 11) is 1.48. The highest BCUT2D eigenvalue weighted by Gasteiger charge is 2.20. The van der Waals surface area contributed by atoms with Crippen molar-refractivity contribution < 1.29 is 19.4 Å². The van der Waals surface area contributed by atoms with Gasteiger partial charge in [0.1, 0.15) is 0 Å². The minimum atomic E-state index is -0.243. The predicted molar refractivity (Wildman–Crippen MR) is 123 cm³/mol. The minimum absolute atomic E-state index is 0.00468. The van der Waals surface area contributed by atoms with E-state index in [4.69, 9.17) is 4.74 Å². The van der Waals surface area contributed by atoms with Crippen molar-refractivity contribution in [1.29, 1.82) is 0 Å². The first-order valence-electron chi connectivity index (χ1n) is 9.66. The van der Waals surface area contributed by atoms with Crippen LogP contribution in [0.25, 0.3) is 11.3 Å². The Kier molecular flexibility index (Phi) is 5.96. The van der Waals surface area contributed by atoms with Gasteiger partial charge in [0.05, 0.1) is 24.6 Å². The van der Waals surface area contributed by atoms with Gasteiger partial charge in [-0.2, -0.15) is 5.10 Å². The fourth-order valence-electron chi connectivity index (χ4n) is 3.15. The van der Waals surface area contributed by atoms with Gasteiger partial charge in [0.2, 0.25) is 4.80 Å². The first-order chi connectivity index (χ1) is 15.5. The molecule has 0 unspecified atom stereocenters. The maximum atomic E-state index is 12.5. The SMILES string of the molecule is COc1ccc(/C=N/N=c2\scc(C3=CC(=O)C=CC3=O)n2-c2ccc(C)cc2)cc1O. The van der Waals surface area contributed by atoms with Crippen LogP contribution in [-0.2, 0) is 9.59 Å². The number of allylic oxidation sites excluding steroid dienone is 4. The molecule has 0 saturated carbocycles. The number of methoxy groups -OCH3 is 1. The van der Waals surface area contributed by atoms with E-state index < -0.39 is 0 Å². The van der Waals surface area contributed by atoms with Crippen molar-refractivity contribution in [1.82, 2.24) is 4.57 Å². The second kappa shape index (κ2) is 8.99. The van der Waals surface area contributed by atoms with Crippen LogP contribution in [0, 0.1) is 6.92 Å². The average Bonchev–Trinajstić information content (AvgIpc) is 3.20. The molecule has 1 aliphatic rings. The number of phenolic OH excluding ortho intramolecular Hbond substituents is 1. The van der Waals surface area contributed by atoms with Crippen LogP contribution in [0.1, 0.15) is 16.8 Å². The molecule has 1 aromatic heterocycles. The zero-order valence-corrected chi connectivity index (χ0v) is 18.2. The Hall–Kier alpha value is -4.04. The van der Waals surface area contributed by atoms with E-state index in [-0.39, 0.29) is 17.3 Å². The Morgan fingerprint density at radius 2 is 1.88 bits per heavy atom. The molecule has 0 fully saturated rings. The van der Waals surface area contributed by atoms with E-state index >= 15 is 0 Å². The zero-order valence-electron chi connectivity index (χ0n) is 17.4. The number of carbonyl (C=O) groups is 2. The third-order valence-corrected chi connectivity index (χ3v) is 5.60. The fourth-order valence-corrected chi connectivity index (χ4v) is 4.01. The molecule has 0 atom stereocenters. The fraction of sp³-hybridized carbons (Fsp3) is 0.0833. The number of aromatic hydroxyl groups is 1. The van der Waals surface area contributed by atoms with Crippen LogP contribution in [0.2, 0.25) is 0 Å². The van der Waals surface area contributed by atoms with Gasteiger partial charge in [-0.1, -0.05) is 17.7 Å². The molecule has 0 saturated heterocycles. The molecule has 0 aliphatic heterocycles. The van der Waals surface area contributed by atoms with Gasteiger partial charge >= 0.3 is 0 Å². The van der Waals surface area contributed by atoms with E-state index in [0.29, 0.717) is 27.4 Å². The van der Waals surface area contributed by atoms with Crippen LogP contribution in [0.3, 0.4) is 0 Å². The summed E-state index contributed by atoms with van der Waals surface area (Å²) in [5, 5.41) is 20.2. The molecule has 1 aliphatic carbocycles. The van der Waals surface area contributed by atoms with E-state index in [1.165, 1.54) is 49.0 Å². The first kappa shape index (κ1) is 21.2.